The van der Waals surface area contributed by atoms with Crippen molar-refractivity contribution in [3.8, 4) is 0 Å². The molecule has 1 heterocycles. The molecule has 0 aromatic rings. The van der Waals surface area contributed by atoms with Crippen molar-refractivity contribution in [3.05, 3.63) is 0 Å². The minimum absolute atomic E-state index is 0.0303. The fraction of sp³-hybridized carbons (Fsp3) is 0.909. The summed E-state index contributed by atoms with van der Waals surface area (Å²) in [5.74, 6) is 0.146. The standard InChI is InChI=1S/C11H21NO4S/c1-12(2)11(13)6-4-8-17(14,15)9-10-5-3-7-16-10/h10H,3-9H2,1-2H3. The van der Waals surface area contributed by atoms with E-state index in [-0.39, 0.29) is 29.9 Å². The fourth-order valence-corrected chi connectivity index (χ4v) is 3.39. The number of carbonyl (C=O) groups is 1. The maximum absolute atomic E-state index is 11.7. The van der Waals surface area contributed by atoms with Crippen molar-refractivity contribution in [2.24, 2.45) is 0 Å². The molecule has 1 rings (SSSR count). The average Bonchev–Trinajstić information content (AvgIpc) is 2.68. The molecule has 0 radical (unpaired) electrons. The minimum atomic E-state index is -3.08. The summed E-state index contributed by atoms with van der Waals surface area (Å²) < 4.78 is 28.8. The lowest BCUT2D eigenvalue weighted by Crippen LogP contribution is -2.25. The van der Waals surface area contributed by atoms with Crippen molar-refractivity contribution in [3.63, 3.8) is 0 Å². The van der Waals surface area contributed by atoms with E-state index in [0.29, 0.717) is 13.0 Å². The number of carbonyl (C=O) groups excluding carboxylic acids is 1. The summed E-state index contributed by atoms with van der Waals surface area (Å²) in [7, 11) is 0.258. The lowest BCUT2D eigenvalue weighted by molar-refractivity contribution is -0.128. The molecule has 0 aliphatic carbocycles. The Morgan fingerprint density at radius 1 is 1.41 bits per heavy atom. The molecule has 1 aliphatic heterocycles. The molecule has 1 saturated heterocycles. The zero-order valence-corrected chi connectivity index (χ0v) is 11.3. The van der Waals surface area contributed by atoms with Crippen LogP contribution in [0.25, 0.3) is 0 Å². The highest BCUT2D eigenvalue weighted by atomic mass is 32.2. The molecule has 5 nitrogen and oxygen atoms in total. The van der Waals surface area contributed by atoms with Gasteiger partial charge in [0.2, 0.25) is 5.91 Å². The maximum atomic E-state index is 11.7. The zero-order chi connectivity index (χ0) is 12.9. The number of hydrogen-bond acceptors (Lipinski definition) is 4. The molecule has 1 atom stereocenters. The molecule has 1 aliphatic rings. The van der Waals surface area contributed by atoms with Gasteiger partial charge in [0, 0.05) is 27.1 Å². The second-order valence-electron chi connectivity index (χ2n) is 4.64. The summed E-state index contributed by atoms with van der Waals surface area (Å²) in [6, 6.07) is 0. The summed E-state index contributed by atoms with van der Waals surface area (Å²) in [5.41, 5.74) is 0. The van der Waals surface area contributed by atoms with Gasteiger partial charge in [0.05, 0.1) is 17.6 Å². The molecule has 0 spiro atoms. The van der Waals surface area contributed by atoms with Gasteiger partial charge in [-0.1, -0.05) is 0 Å². The second-order valence-corrected chi connectivity index (χ2v) is 6.87. The van der Waals surface area contributed by atoms with Gasteiger partial charge >= 0.3 is 0 Å². The molecular weight excluding hydrogens is 242 g/mol. The highest BCUT2D eigenvalue weighted by Gasteiger charge is 2.23. The molecule has 0 aromatic carbocycles. The van der Waals surface area contributed by atoms with Crippen LogP contribution in [0.1, 0.15) is 25.7 Å². The van der Waals surface area contributed by atoms with Crippen LogP contribution in [0.5, 0.6) is 0 Å². The van der Waals surface area contributed by atoms with E-state index < -0.39 is 9.84 Å². The van der Waals surface area contributed by atoms with Crippen LogP contribution in [-0.4, -0.2) is 57.5 Å². The third-order valence-electron chi connectivity index (χ3n) is 2.81. The Hall–Kier alpha value is -0.620. The van der Waals surface area contributed by atoms with Gasteiger partial charge < -0.3 is 9.64 Å². The quantitative estimate of drug-likeness (QED) is 0.698. The van der Waals surface area contributed by atoms with Gasteiger partial charge in [0.1, 0.15) is 0 Å². The summed E-state index contributed by atoms with van der Waals surface area (Å²) in [6.45, 7) is 0.666. The number of rotatable bonds is 6. The number of ether oxygens (including phenoxy) is 1. The van der Waals surface area contributed by atoms with Crippen molar-refractivity contribution in [2.75, 3.05) is 32.2 Å². The molecule has 17 heavy (non-hydrogen) atoms. The normalized spacial score (nSPS) is 20.5. The van der Waals surface area contributed by atoms with E-state index in [1.807, 2.05) is 0 Å². The van der Waals surface area contributed by atoms with Crippen LogP contribution >= 0.6 is 0 Å². The highest BCUT2D eigenvalue weighted by molar-refractivity contribution is 7.91. The predicted molar refractivity (Wildman–Crippen MR) is 65.6 cm³/mol. The highest BCUT2D eigenvalue weighted by Crippen LogP contribution is 2.14. The van der Waals surface area contributed by atoms with Gasteiger partial charge in [-0.25, -0.2) is 8.42 Å². The van der Waals surface area contributed by atoms with E-state index >= 15 is 0 Å². The van der Waals surface area contributed by atoms with Crippen molar-refractivity contribution in [1.82, 2.24) is 4.90 Å². The summed E-state index contributed by atoms with van der Waals surface area (Å²) in [4.78, 5) is 12.8. The monoisotopic (exact) mass is 263 g/mol. The lowest BCUT2D eigenvalue weighted by atomic mass is 10.3. The Balaban J connectivity index is 2.27. The number of sulfone groups is 1. The molecule has 0 saturated carbocycles. The van der Waals surface area contributed by atoms with Crippen LogP contribution in [0.3, 0.4) is 0 Å². The molecule has 0 bridgehead atoms. The third-order valence-corrected chi connectivity index (χ3v) is 4.60. The third kappa shape index (κ3) is 5.50. The first-order valence-electron chi connectivity index (χ1n) is 5.93. The largest absolute Gasteiger partial charge is 0.377 e. The summed E-state index contributed by atoms with van der Waals surface area (Å²) in [5, 5.41) is 0. The SMILES string of the molecule is CN(C)C(=O)CCCS(=O)(=O)CC1CCCO1. The van der Waals surface area contributed by atoms with Gasteiger partial charge in [-0.2, -0.15) is 0 Å². The van der Waals surface area contributed by atoms with Crippen molar-refractivity contribution in [2.45, 2.75) is 31.8 Å². The van der Waals surface area contributed by atoms with E-state index in [9.17, 15) is 13.2 Å². The minimum Gasteiger partial charge on any atom is -0.377 e. The number of nitrogens with zero attached hydrogens (tertiary/aromatic N) is 1. The van der Waals surface area contributed by atoms with Gasteiger partial charge in [0.15, 0.2) is 9.84 Å². The molecule has 0 N–H and O–H groups in total. The van der Waals surface area contributed by atoms with Crippen molar-refractivity contribution in [1.29, 1.82) is 0 Å². The van der Waals surface area contributed by atoms with E-state index in [2.05, 4.69) is 0 Å². The van der Waals surface area contributed by atoms with Crippen LogP contribution in [0.15, 0.2) is 0 Å². The predicted octanol–water partition coefficient (Wildman–Crippen LogP) is 0.449. The first-order chi connectivity index (χ1) is 7.91. The Morgan fingerprint density at radius 3 is 2.65 bits per heavy atom. The van der Waals surface area contributed by atoms with Gasteiger partial charge in [-0.15, -0.1) is 0 Å². The van der Waals surface area contributed by atoms with Crippen LogP contribution in [-0.2, 0) is 19.4 Å². The fourth-order valence-electron chi connectivity index (χ4n) is 1.81. The Morgan fingerprint density at radius 2 is 2.12 bits per heavy atom. The molecule has 1 amide bonds. The Labute approximate surface area is 103 Å². The van der Waals surface area contributed by atoms with E-state index in [4.69, 9.17) is 4.74 Å². The van der Waals surface area contributed by atoms with E-state index in [1.165, 1.54) is 4.90 Å². The average molecular weight is 263 g/mol. The summed E-state index contributed by atoms with van der Waals surface area (Å²) in [6.07, 6.45) is 2.32. The number of hydrogen-bond donors (Lipinski definition) is 0. The van der Waals surface area contributed by atoms with Crippen molar-refractivity contribution >= 4 is 15.7 Å². The lowest BCUT2D eigenvalue weighted by Gasteiger charge is -2.11. The molecule has 1 unspecified atom stereocenters. The molecule has 6 heteroatoms. The van der Waals surface area contributed by atoms with Crippen LogP contribution in [0.2, 0.25) is 0 Å². The van der Waals surface area contributed by atoms with Gasteiger partial charge in [-0.05, 0) is 19.3 Å². The topological polar surface area (TPSA) is 63.7 Å². The van der Waals surface area contributed by atoms with E-state index in [1.54, 1.807) is 14.1 Å². The second kappa shape index (κ2) is 6.35. The summed E-state index contributed by atoms with van der Waals surface area (Å²) >= 11 is 0. The van der Waals surface area contributed by atoms with Crippen LogP contribution < -0.4 is 0 Å². The smallest absolute Gasteiger partial charge is 0.222 e. The maximum Gasteiger partial charge on any atom is 0.222 e. The first-order valence-corrected chi connectivity index (χ1v) is 7.75. The molecule has 1 fully saturated rings. The Kier molecular flexibility index (Phi) is 5.39. The molecular formula is C11H21NO4S. The molecule has 0 aromatic heterocycles. The van der Waals surface area contributed by atoms with Crippen LogP contribution in [0.4, 0.5) is 0 Å². The van der Waals surface area contributed by atoms with Gasteiger partial charge in [-0.3, -0.25) is 4.79 Å². The zero-order valence-electron chi connectivity index (χ0n) is 10.5. The van der Waals surface area contributed by atoms with E-state index in [0.717, 1.165) is 12.8 Å². The first kappa shape index (κ1) is 14.4. The van der Waals surface area contributed by atoms with Crippen molar-refractivity contribution < 1.29 is 17.9 Å². The Bertz CT molecular complexity index is 344. The number of amides is 1. The molecule has 100 valence electrons. The van der Waals surface area contributed by atoms with Crippen LogP contribution in [0, 0.1) is 0 Å². The van der Waals surface area contributed by atoms with Gasteiger partial charge in [0.25, 0.3) is 0 Å².